The summed E-state index contributed by atoms with van der Waals surface area (Å²) in [7, 11) is 0. The molecule has 1 unspecified atom stereocenters. The molecule has 0 amide bonds. The van der Waals surface area contributed by atoms with E-state index in [2.05, 4.69) is 39.1 Å². The van der Waals surface area contributed by atoms with Crippen molar-refractivity contribution in [1.82, 2.24) is 0 Å². The van der Waals surface area contributed by atoms with Crippen molar-refractivity contribution in [3.8, 4) is 0 Å². The molecule has 1 nitrogen and oxygen atoms in total. The number of aliphatic imine (C=N–C) groups is 1. The number of hydrogen-bond donors (Lipinski definition) is 0. The summed E-state index contributed by atoms with van der Waals surface area (Å²) in [5, 5.41) is 0. The van der Waals surface area contributed by atoms with E-state index in [0.29, 0.717) is 5.92 Å². The summed E-state index contributed by atoms with van der Waals surface area (Å²) in [5.74, 6) is 0.561. The van der Waals surface area contributed by atoms with Crippen LogP contribution >= 0.6 is 0 Å². The minimum atomic E-state index is -0.00264. The van der Waals surface area contributed by atoms with Gasteiger partial charge in [0.2, 0.25) is 0 Å². The van der Waals surface area contributed by atoms with Crippen molar-refractivity contribution in [2.75, 3.05) is 0 Å². The quantitative estimate of drug-likeness (QED) is 0.612. The van der Waals surface area contributed by atoms with Gasteiger partial charge in [-0.1, -0.05) is 26.0 Å². The Morgan fingerprint density at radius 3 is 2.53 bits per heavy atom. The first-order valence-corrected chi connectivity index (χ1v) is 6.08. The van der Waals surface area contributed by atoms with Crippen molar-refractivity contribution < 1.29 is 0 Å². The Bertz CT molecular complexity index is 305. The molecule has 0 bridgehead atoms. The van der Waals surface area contributed by atoms with Gasteiger partial charge >= 0.3 is 0 Å². The zero-order valence-electron chi connectivity index (χ0n) is 10.1. The first kappa shape index (κ1) is 10.7. The SMILES string of the molecule is CC(C)C1(C)C=CC2=C(C=N1)CCCC2. The van der Waals surface area contributed by atoms with E-state index in [-0.39, 0.29) is 5.54 Å². The molecular weight excluding hydrogens is 182 g/mol. The third-order valence-electron chi connectivity index (χ3n) is 3.84. The molecule has 1 heteroatoms. The molecule has 0 saturated carbocycles. The molecule has 0 saturated heterocycles. The first-order chi connectivity index (χ1) is 7.12. The first-order valence-electron chi connectivity index (χ1n) is 6.08. The molecule has 0 N–H and O–H groups in total. The summed E-state index contributed by atoms with van der Waals surface area (Å²) in [6.45, 7) is 6.71. The Morgan fingerprint density at radius 1 is 1.20 bits per heavy atom. The molecule has 0 aromatic heterocycles. The summed E-state index contributed by atoms with van der Waals surface area (Å²) < 4.78 is 0. The van der Waals surface area contributed by atoms with E-state index in [1.165, 1.54) is 36.8 Å². The van der Waals surface area contributed by atoms with E-state index in [9.17, 15) is 0 Å². The zero-order chi connectivity index (χ0) is 10.9. The fourth-order valence-electron chi connectivity index (χ4n) is 2.16. The molecule has 1 heterocycles. The standard InChI is InChI=1S/C14H21N/c1-11(2)14(3)9-8-12-6-4-5-7-13(12)10-15-14/h8-11H,4-7H2,1-3H3. The molecule has 2 aliphatic rings. The Morgan fingerprint density at radius 2 is 1.87 bits per heavy atom. The van der Waals surface area contributed by atoms with Crippen molar-refractivity contribution in [1.29, 1.82) is 0 Å². The van der Waals surface area contributed by atoms with Gasteiger partial charge in [-0.3, -0.25) is 4.99 Å². The minimum Gasteiger partial charge on any atom is -0.282 e. The Labute approximate surface area is 93.0 Å². The van der Waals surface area contributed by atoms with E-state index in [1.54, 1.807) is 0 Å². The third kappa shape index (κ3) is 2.06. The van der Waals surface area contributed by atoms with E-state index in [4.69, 9.17) is 4.99 Å². The normalized spacial score (nSPS) is 30.7. The van der Waals surface area contributed by atoms with Gasteiger partial charge in [0.1, 0.15) is 0 Å². The van der Waals surface area contributed by atoms with Crippen molar-refractivity contribution in [3.63, 3.8) is 0 Å². The highest BCUT2D eigenvalue weighted by Gasteiger charge is 2.25. The number of hydrogen-bond acceptors (Lipinski definition) is 1. The molecule has 0 aromatic rings. The largest absolute Gasteiger partial charge is 0.282 e. The van der Waals surface area contributed by atoms with Crippen LogP contribution in [0.2, 0.25) is 0 Å². The minimum absolute atomic E-state index is 0.00264. The second-order valence-corrected chi connectivity index (χ2v) is 5.23. The monoisotopic (exact) mass is 203 g/mol. The molecule has 0 radical (unpaired) electrons. The van der Waals surface area contributed by atoms with Crippen LogP contribution in [0.1, 0.15) is 46.5 Å². The summed E-state index contributed by atoms with van der Waals surface area (Å²) in [4.78, 5) is 4.77. The molecule has 2 rings (SSSR count). The van der Waals surface area contributed by atoms with Gasteiger partial charge in [0.05, 0.1) is 5.54 Å². The maximum Gasteiger partial charge on any atom is 0.0785 e. The van der Waals surface area contributed by atoms with Crippen molar-refractivity contribution >= 4 is 6.21 Å². The molecular formula is C14H21N. The summed E-state index contributed by atoms with van der Waals surface area (Å²) in [6.07, 6.45) is 11.9. The average molecular weight is 203 g/mol. The van der Waals surface area contributed by atoms with E-state index in [0.717, 1.165) is 0 Å². The van der Waals surface area contributed by atoms with Gasteiger partial charge in [0, 0.05) is 6.21 Å². The molecule has 0 fully saturated rings. The highest BCUT2D eigenvalue weighted by molar-refractivity contribution is 5.82. The van der Waals surface area contributed by atoms with Gasteiger partial charge in [0.25, 0.3) is 0 Å². The molecule has 1 atom stereocenters. The Kier molecular flexibility index (Phi) is 2.81. The van der Waals surface area contributed by atoms with Gasteiger partial charge in [-0.05, 0) is 49.7 Å². The summed E-state index contributed by atoms with van der Waals surface area (Å²) in [6, 6.07) is 0. The van der Waals surface area contributed by atoms with Crippen LogP contribution in [0.15, 0.2) is 28.3 Å². The zero-order valence-corrected chi connectivity index (χ0v) is 10.1. The van der Waals surface area contributed by atoms with Crippen LogP contribution < -0.4 is 0 Å². The number of nitrogens with zero attached hydrogens (tertiary/aromatic N) is 1. The topological polar surface area (TPSA) is 12.4 Å². The number of allylic oxidation sites excluding steroid dienone is 3. The van der Waals surface area contributed by atoms with Crippen molar-refractivity contribution in [2.24, 2.45) is 10.9 Å². The second-order valence-electron chi connectivity index (χ2n) is 5.23. The lowest BCUT2D eigenvalue weighted by atomic mass is 9.88. The predicted molar refractivity (Wildman–Crippen MR) is 66.4 cm³/mol. The Hall–Kier alpha value is -0.850. The second kappa shape index (κ2) is 3.96. The highest BCUT2D eigenvalue weighted by Crippen LogP contribution is 2.31. The van der Waals surface area contributed by atoms with E-state index < -0.39 is 0 Å². The lowest BCUT2D eigenvalue weighted by molar-refractivity contribution is 0.424. The molecule has 0 aromatic carbocycles. The van der Waals surface area contributed by atoms with Gasteiger partial charge in [-0.2, -0.15) is 0 Å². The van der Waals surface area contributed by atoms with Gasteiger partial charge in [-0.25, -0.2) is 0 Å². The smallest absolute Gasteiger partial charge is 0.0785 e. The fraction of sp³-hybridized carbons (Fsp3) is 0.643. The predicted octanol–water partition coefficient (Wildman–Crippen LogP) is 3.91. The van der Waals surface area contributed by atoms with Crippen molar-refractivity contribution in [2.45, 2.75) is 52.0 Å². The van der Waals surface area contributed by atoms with Crippen LogP contribution in [-0.4, -0.2) is 11.8 Å². The highest BCUT2D eigenvalue weighted by atomic mass is 14.8. The maximum absolute atomic E-state index is 4.77. The van der Waals surface area contributed by atoms with Gasteiger partial charge < -0.3 is 0 Å². The molecule has 1 aliphatic carbocycles. The molecule has 0 spiro atoms. The lowest BCUT2D eigenvalue weighted by Gasteiger charge is -2.25. The maximum atomic E-state index is 4.77. The van der Waals surface area contributed by atoms with Crippen LogP contribution in [0.25, 0.3) is 0 Å². The number of rotatable bonds is 1. The van der Waals surface area contributed by atoms with Crippen molar-refractivity contribution in [3.05, 3.63) is 23.3 Å². The van der Waals surface area contributed by atoms with Crippen LogP contribution in [0.4, 0.5) is 0 Å². The molecule has 1 aliphatic heterocycles. The third-order valence-corrected chi connectivity index (χ3v) is 3.84. The van der Waals surface area contributed by atoms with Crippen LogP contribution in [0, 0.1) is 5.92 Å². The van der Waals surface area contributed by atoms with E-state index in [1.807, 2.05) is 0 Å². The van der Waals surface area contributed by atoms with Gasteiger partial charge in [-0.15, -0.1) is 0 Å². The van der Waals surface area contributed by atoms with Gasteiger partial charge in [0.15, 0.2) is 0 Å². The molecule has 82 valence electrons. The average Bonchev–Trinajstić information content (AvgIpc) is 2.40. The Balaban J connectivity index is 2.30. The molecule has 15 heavy (non-hydrogen) atoms. The van der Waals surface area contributed by atoms with Crippen LogP contribution in [0.5, 0.6) is 0 Å². The summed E-state index contributed by atoms with van der Waals surface area (Å²) in [5.41, 5.74) is 2.99. The van der Waals surface area contributed by atoms with E-state index >= 15 is 0 Å². The van der Waals surface area contributed by atoms with Crippen LogP contribution in [0.3, 0.4) is 0 Å². The fourth-order valence-corrected chi connectivity index (χ4v) is 2.16. The lowest BCUT2D eigenvalue weighted by Crippen LogP contribution is -2.26. The summed E-state index contributed by atoms with van der Waals surface area (Å²) >= 11 is 0. The van der Waals surface area contributed by atoms with Crippen LogP contribution in [-0.2, 0) is 0 Å².